The third-order valence-corrected chi connectivity index (χ3v) is 4.58. The van der Waals surface area contributed by atoms with Gasteiger partial charge in [-0.05, 0) is 44.2 Å². The van der Waals surface area contributed by atoms with Gasteiger partial charge in [-0.15, -0.1) is 11.8 Å². The lowest BCUT2D eigenvalue weighted by atomic mass is 10.0. The number of anilines is 1. The van der Waals surface area contributed by atoms with Crippen LogP contribution in [0.3, 0.4) is 0 Å². The average molecular weight is 301 g/mol. The van der Waals surface area contributed by atoms with Crippen LogP contribution in [0.4, 0.5) is 5.82 Å². The van der Waals surface area contributed by atoms with Gasteiger partial charge < -0.3 is 11.1 Å². The van der Waals surface area contributed by atoms with Crippen LogP contribution in [0.5, 0.6) is 0 Å². The summed E-state index contributed by atoms with van der Waals surface area (Å²) in [5.41, 5.74) is 9.68. The molecule has 112 valence electrons. The second-order valence-electron chi connectivity index (χ2n) is 5.16. The number of pyridine rings is 1. The Bertz CT molecular complexity index is 561. The van der Waals surface area contributed by atoms with Crippen molar-refractivity contribution in [3.05, 3.63) is 53.2 Å². The van der Waals surface area contributed by atoms with E-state index >= 15 is 0 Å². The second kappa shape index (κ2) is 7.48. The summed E-state index contributed by atoms with van der Waals surface area (Å²) in [7, 11) is 0. The first kappa shape index (κ1) is 15.9. The van der Waals surface area contributed by atoms with Crippen molar-refractivity contribution in [2.75, 3.05) is 18.0 Å². The summed E-state index contributed by atoms with van der Waals surface area (Å²) in [5.74, 6) is 1.57. The van der Waals surface area contributed by atoms with Crippen LogP contribution in [0.2, 0.25) is 0 Å². The lowest BCUT2D eigenvalue weighted by Gasteiger charge is -2.21. The molecule has 21 heavy (non-hydrogen) atoms. The first-order valence-electron chi connectivity index (χ1n) is 7.25. The molecule has 1 aromatic carbocycles. The van der Waals surface area contributed by atoms with Crippen molar-refractivity contribution in [3.8, 4) is 0 Å². The standard InChI is InChI=1S/C17H23N3S/c1-4-19-15(16-13(3)9-10-20-17(16)18)11-21-14-7-5-12(2)6-8-14/h5-10,15,19H,4,11H2,1-3H3,(H2,18,20). The third kappa shape index (κ3) is 4.22. The fourth-order valence-corrected chi connectivity index (χ4v) is 3.32. The number of nitrogens with one attached hydrogen (secondary N) is 1. The molecule has 2 rings (SSSR count). The Labute approximate surface area is 131 Å². The maximum Gasteiger partial charge on any atom is 0.128 e. The van der Waals surface area contributed by atoms with E-state index in [-0.39, 0.29) is 6.04 Å². The predicted octanol–water partition coefficient (Wildman–Crippen LogP) is 3.72. The van der Waals surface area contributed by atoms with E-state index in [1.807, 2.05) is 17.8 Å². The zero-order chi connectivity index (χ0) is 15.2. The number of nitrogens with two attached hydrogens (primary N) is 1. The summed E-state index contributed by atoms with van der Waals surface area (Å²) in [5, 5.41) is 3.52. The van der Waals surface area contributed by atoms with Crippen LogP contribution in [0, 0.1) is 13.8 Å². The minimum atomic E-state index is 0.218. The molecule has 1 atom stereocenters. The number of aryl methyl sites for hydroxylation is 2. The van der Waals surface area contributed by atoms with Crippen molar-refractivity contribution >= 4 is 17.6 Å². The number of rotatable bonds is 6. The van der Waals surface area contributed by atoms with Crippen molar-refractivity contribution in [3.63, 3.8) is 0 Å². The van der Waals surface area contributed by atoms with Gasteiger partial charge in [0.25, 0.3) is 0 Å². The summed E-state index contributed by atoms with van der Waals surface area (Å²) in [6, 6.07) is 10.9. The largest absolute Gasteiger partial charge is 0.383 e. The molecule has 0 aliphatic carbocycles. The molecule has 0 aliphatic rings. The van der Waals surface area contributed by atoms with Gasteiger partial charge in [0, 0.05) is 28.5 Å². The smallest absolute Gasteiger partial charge is 0.128 e. The predicted molar refractivity (Wildman–Crippen MR) is 91.7 cm³/mol. The topological polar surface area (TPSA) is 50.9 Å². The number of nitrogens with zero attached hydrogens (tertiary/aromatic N) is 1. The van der Waals surface area contributed by atoms with Crippen LogP contribution >= 0.6 is 11.8 Å². The van der Waals surface area contributed by atoms with Gasteiger partial charge in [-0.25, -0.2) is 4.98 Å². The van der Waals surface area contributed by atoms with E-state index < -0.39 is 0 Å². The van der Waals surface area contributed by atoms with Crippen molar-refractivity contribution in [2.45, 2.75) is 31.7 Å². The van der Waals surface area contributed by atoms with Crippen molar-refractivity contribution in [1.29, 1.82) is 0 Å². The van der Waals surface area contributed by atoms with E-state index in [2.05, 4.69) is 55.3 Å². The Kier molecular flexibility index (Phi) is 5.65. The van der Waals surface area contributed by atoms with Gasteiger partial charge in [-0.2, -0.15) is 0 Å². The average Bonchev–Trinajstić information content (AvgIpc) is 2.46. The van der Waals surface area contributed by atoms with E-state index in [1.165, 1.54) is 16.0 Å². The molecule has 0 saturated carbocycles. The number of hydrogen-bond acceptors (Lipinski definition) is 4. The van der Waals surface area contributed by atoms with Crippen LogP contribution in [-0.2, 0) is 0 Å². The maximum absolute atomic E-state index is 6.08. The van der Waals surface area contributed by atoms with E-state index in [0.717, 1.165) is 17.9 Å². The Morgan fingerprint density at radius 2 is 1.90 bits per heavy atom. The number of thioether (sulfide) groups is 1. The van der Waals surface area contributed by atoms with Gasteiger partial charge in [0.2, 0.25) is 0 Å². The minimum Gasteiger partial charge on any atom is -0.383 e. The molecule has 1 heterocycles. The molecule has 0 radical (unpaired) electrons. The molecule has 2 aromatic rings. The molecule has 0 aliphatic heterocycles. The summed E-state index contributed by atoms with van der Waals surface area (Å²) in [6.07, 6.45) is 1.77. The summed E-state index contributed by atoms with van der Waals surface area (Å²) in [6.45, 7) is 7.22. The summed E-state index contributed by atoms with van der Waals surface area (Å²) >= 11 is 1.84. The Morgan fingerprint density at radius 1 is 1.19 bits per heavy atom. The number of nitrogen functional groups attached to an aromatic ring is 1. The number of benzene rings is 1. The van der Waals surface area contributed by atoms with E-state index in [9.17, 15) is 0 Å². The van der Waals surface area contributed by atoms with Gasteiger partial charge >= 0.3 is 0 Å². The molecule has 1 unspecified atom stereocenters. The number of hydrogen-bond donors (Lipinski definition) is 2. The first-order valence-corrected chi connectivity index (χ1v) is 8.24. The Hall–Kier alpha value is -1.52. The van der Waals surface area contributed by atoms with Crippen LogP contribution in [-0.4, -0.2) is 17.3 Å². The summed E-state index contributed by atoms with van der Waals surface area (Å²) in [4.78, 5) is 5.52. The molecule has 0 amide bonds. The zero-order valence-corrected chi connectivity index (χ0v) is 13.7. The first-order chi connectivity index (χ1) is 10.1. The fourth-order valence-electron chi connectivity index (χ4n) is 2.35. The Morgan fingerprint density at radius 3 is 2.52 bits per heavy atom. The molecule has 3 nitrogen and oxygen atoms in total. The third-order valence-electron chi connectivity index (χ3n) is 3.48. The Balaban J connectivity index is 2.14. The van der Waals surface area contributed by atoms with E-state index in [4.69, 9.17) is 5.73 Å². The highest BCUT2D eigenvalue weighted by atomic mass is 32.2. The highest BCUT2D eigenvalue weighted by Crippen LogP contribution is 2.29. The minimum absolute atomic E-state index is 0.218. The van der Waals surface area contributed by atoms with Gasteiger partial charge in [0.15, 0.2) is 0 Å². The molecule has 0 saturated heterocycles. The fraction of sp³-hybridized carbons (Fsp3) is 0.353. The van der Waals surface area contributed by atoms with Gasteiger partial charge in [-0.1, -0.05) is 24.6 Å². The van der Waals surface area contributed by atoms with Gasteiger partial charge in [0.05, 0.1) is 0 Å². The maximum atomic E-state index is 6.08. The van der Waals surface area contributed by atoms with Gasteiger partial charge in [-0.3, -0.25) is 0 Å². The lowest BCUT2D eigenvalue weighted by Crippen LogP contribution is -2.25. The molecular formula is C17H23N3S. The van der Waals surface area contributed by atoms with Crippen LogP contribution in [0.25, 0.3) is 0 Å². The van der Waals surface area contributed by atoms with Crippen molar-refractivity contribution in [1.82, 2.24) is 10.3 Å². The monoisotopic (exact) mass is 301 g/mol. The van der Waals surface area contributed by atoms with E-state index in [1.54, 1.807) is 6.20 Å². The molecule has 3 N–H and O–H groups in total. The quantitative estimate of drug-likeness (QED) is 0.798. The molecule has 1 aromatic heterocycles. The molecule has 4 heteroatoms. The molecule has 0 fully saturated rings. The highest BCUT2D eigenvalue weighted by Gasteiger charge is 2.16. The number of aromatic nitrogens is 1. The second-order valence-corrected chi connectivity index (χ2v) is 6.25. The van der Waals surface area contributed by atoms with Crippen LogP contribution in [0.15, 0.2) is 41.4 Å². The SMILES string of the molecule is CCNC(CSc1ccc(C)cc1)c1c(C)ccnc1N. The van der Waals surface area contributed by atoms with Crippen molar-refractivity contribution in [2.24, 2.45) is 0 Å². The highest BCUT2D eigenvalue weighted by molar-refractivity contribution is 7.99. The lowest BCUT2D eigenvalue weighted by molar-refractivity contribution is 0.603. The molecule has 0 spiro atoms. The van der Waals surface area contributed by atoms with Crippen LogP contribution < -0.4 is 11.1 Å². The van der Waals surface area contributed by atoms with Gasteiger partial charge in [0.1, 0.15) is 5.82 Å². The van der Waals surface area contributed by atoms with Crippen molar-refractivity contribution < 1.29 is 0 Å². The summed E-state index contributed by atoms with van der Waals surface area (Å²) < 4.78 is 0. The normalized spacial score (nSPS) is 12.3. The zero-order valence-electron chi connectivity index (χ0n) is 12.9. The van der Waals surface area contributed by atoms with Crippen LogP contribution in [0.1, 0.15) is 29.7 Å². The molecular weight excluding hydrogens is 278 g/mol. The van der Waals surface area contributed by atoms with E-state index in [0.29, 0.717) is 5.82 Å². The molecule has 0 bridgehead atoms.